The van der Waals surface area contributed by atoms with Crippen LogP contribution in [0, 0.1) is 19.8 Å². The van der Waals surface area contributed by atoms with Crippen molar-refractivity contribution in [2.24, 2.45) is 5.92 Å². The van der Waals surface area contributed by atoms with Crippen molar-refractivity contribution in [2.45, 2.75) is 58.7 Å². The van der Waals surface area contributed by atoms with Crippen molar-refractivity contribution in [1.82, 2.24) is 14.9 Å². The number of carbonyl (C=O) groups excluding carboxylic acids is 1. The van der Waals surface area contributed by atoms with Crippen molar-refractivity contribution >= 4 is 5.91 Å². The van der Waals surface area contributed by atoms with Gasteiger partial charge in [-0.2, -0.15) is 0 Å². The van der Waals surface area contributed by atoms with E-state index in [4.69, 9.17) is 0 Å². The summed E-state index contributed by atoms with van der Waals surface area (Å²) in [7, 11) is 0. The van der Waals surface area contributed by atoms with Crippen molar-refractivity contribution in [3.63, 3.8) is 0 Å². The normalized spacial score (nSPS) is 20.8. The number of aliphatic hydroxyl groups excluding tert-OH is 1. The second-order valence-corrected chi connectivity index (χ2v) is 7.05. The van der Waals surface area contributed by atoms with Crippen LogP contribution in [0.5, 0.6) is 0 Å². The number of amides is 1. The van der Waals surface area contributed by atoms with Crippen LogP contribution in [0.25, 0.3) is 0 Å². The maximum atomic E-state index is 12.9. The first-order valence-corrected chi connectivity index (χ1v) is 9.04. The van der Waals surface area contributed by atoms with Gasteiger partial charge in [0.15, 0.2) is 0 Å². The van der Waals surface area contributed by atoms with Crippen LogP contribution in [-0.2, 0) is 13.0 Å². The van der Waals surface area contributed by atoms with Crippen molar-refractivity contribution in [1.29, 1.82) is 0 Å². The summed E-state index contributed by atoms with van der Waals surface area (Å²) in [5, 5.41) is 12.9. The summed E-state index contributed by atoms with van der Waals surface area (Å²) in [4.78, 5) is 16.9. The number of nitrogens with one attached hydrogen (secondary N) is 1. The first-order chi connectivity index (χ1) is 12.0. The summed E-state index contributed by atoms with van der Waals surface area (Å²) >= 11 is 0. The molecule has 5 nitrogen and oxygen atoms in total. The Labute approximate surface area is 149 Å². The second kappa shape index (κ2) is 7.40. The van der Waals surface area contributed by atoms with Crippen LogP contribution in [-0.4, -0.2) is 32.7 Å². The molecule has 25 heavy (non-hydrogen) atoms. The van der Waals surface area contributed by atoms with Crippen LogP contribution in [0.4, 0.5) is 0 Å². The Morgan fingerprint density at radius 1 is 1.36 bits per heavy atom. The molecule has 0 bridgehead atoms. The molecule has 0 aromatic carbocycles. The lowest BCUT2D eigenvalue weighted by molar-refractivity contribution is 0.0239. The highest BCUT2D eigenvalue weighted by Crippen LogP contribution is 2.32. The standard InChI is InChI=1S/C20H27N3O2/c1-4-23-13(2)9-18(14(23)3)20(25)22-19(16-11-17(24)12-16)10-15-5-7-21-8-6-15/h5-9,16-17,19,24H,4,10-12H2,1-3H3,(H,22,25)/t16?,17?,19-/m0/s1. The molecule has 0 spiro atoms. The molecule has 2 N–H and O–H groups in total. The third kappa shape index (κ3) is 3.76. The van der Waals surface area contributed by atoms with Crippen molar-refractivity contribution < 1.29 is 9.90 Å². The number of rotatable bonds is 6. The van der Waals surface area contributed by atoms with E-state index in [2.05, 4.69) is 21.8 Å². The van der Waals surface area contributed by atoms with E-state index in [1.807, 2.05) is 32.0 Å². The predicted octanol–water partition coefficient (Wildman–Crippen LogP) is 2.63. The molecule has 1 atom stereocenters. The zero-order valence-electron chi connectivity index (χ0n) is 15.2. The molecule has 1 amide bonds. The van der Waals surface area contributed by atoms with E-state index in [0.717, 1.165) is 48.3 Å². The minimum Gasteiger partial charge on any atom is -0.393 e. The molecule has 0 saturated heterocycles. The number of aryl methyl sites for hydroxylation is 1. The molecule has 3 rings (SSSR count). The molecular formula is C20H27N3O2. The Bertz CT molecular complexity index is 733. The van der Waals surface area contributed by atoms with Crippen molar-refractivity contribution in [2.75, 3.05) is 0 Å². The summed E-state index contributed by atoms with van der Waals surface area (Å²) < 4.78 is 2.15. The highest BCUT2D eigenvalue weighted by atomic mass is 16.3. The van der Waals surface area contributed by atoms with Gasteiger partial charge in [-0.3, -0.25) is 9.78 Å². The lowest BCUT2D eigenvalue weighted by atomic mass is 9.75. The quantitative estimate of drug-likeness (QED) is 0.849. The Morgan fingerprint density at radius 3 is 2.60 bits per heavy atom. The fourth-order valence-electron chi connectivity index (χ4n) is 3.83. The second-order valence-electron chi connectivity index (χ2n) is 7.05. The van der Waals surface area contributed by atoms with E-state index in [1.54, 1.807) is 12.4 Å². The average molecular weight is 341 g/mol. The summed E-state index contributed by atoms with van der Waals surface area (Å²) in [5.74, 6) is 0.301. The summed E-state index contributed by atoms with van der Waals surface area (Å²) in [6, 6.07) is 5.96. The number of hydrogen-bond donors (Lipinski definition) is 2. The Balaban J connectivity index is 1.76. The van der Waals surface area contributed by atoms with Gasteiger partial charge in [0.25, 0.3) is 5.91 Å². The van der Waals surface area contributed by atoms with E-state index in [1.165, 1.54) is 0 Å². The van der Waals surface area contributed by atoms with Crippen molar-refractivity contribution in [3.05, 3.63) is 53.1 Å². The molecule has 1 fully saturated rings. The Hall–Kier alpha value is -2.14. The third-order valence-corrected chi connectivity index (χ3v) is 5.37. The van der Waals surface area contributed by atoms with Crippen LogP contribution < -0.4 is 5.32 Å². The molecule has 0 unspecified atom stereocenters. The van der Waals surface area contributed by atoms with Gasteiger partial charge in [0.1, 0.15) is 0 Å². The van der Waals surface area contributed by atoms with E-state index in [0.29, 0.717) is 5.92 Å². The lowest BCUT2D eigenvalue weighted by Crippen LogP contribution is -2.48. The first-order valence-electron chi connectivity index (χ1n) is 9.04. The van der Waals surface area contributed by atoms with Gasteiger partial charge in [0.05, 0.1) is 11.7 Å². The zero-order chi connectivity index (χ0) is 18.0. The third-order valence-electron chi connectivity index (χ3n) is 5.37. The highest BCUT2D eigenvalue weighted by molar-refractivity contribution is 5.96. The number of pyridine rings is 1. The molecule has 134 valence electrons. The largest absolute Gasteiger partial charge is 0.393 e. The van der Waals surface area contributed by atoms with Gasteiger partial charge in [-0.1, -0.05) is 0 Å². The Kier molecular flexibility index (Phi) is 5.23. The summed E-state index contributed by atoms with van der Waals surface area (Å²) in [5.41, 5.74) is 4.02. The number of hydrogen-bond acceptors (Lipinski definition) is 3. The van der Waals surface area contributed by atoms with Gasteiger partial charge in [0.2, 0.25) is 0 Å². The molecule has 5 heteroatoms. The number of carbonyl (C=O) groups is 1. The minimum atomic E-state index is -0.230. The molecular weight excluding hydrogens is 314 g/mol. The predicted molar refractivity (Wildman–Crippen MR) is 97.5 cm³/mol. The van der Waals surface area contributed by atoms with Gasteiger partial charge < -0.3 is 15.0 Å². The van der Waals surface area contributed by atoms with Crippen LogP contribution in [0.2, 0.25) is 0 Å². The van der Waals surface area contributed by atoms with Crippen LogP contribution in [0.1, 0.15) is 47.1 Å². The van der Waals surface area contributed by atoms with Crippen molar-refractivity contribution in [3.8, 4) is 0 Å². The van der Waals surface area contributed by atoms with E-state index in [9.17, 15) is 9.90 Å². The van der Waals surface area contributed by atoms with E-state index >= 15 is 0 Å². The van der Waals surface area contributed by atoms with Crippen LogP contribution >= 0.6 is 0 Å². The molecule has 1 aliphatic rings. The average Bonchev–Trinajstić information content (AvgIpc) is 2.86. The zero-order valence-corrected chi connectivity index (χ0v) is 15.2. The highest BCUT2D eigenvalue weighted by Gasteiger charge is 2.35. The topological polar surface area (TPSA) is 67.2 Å². The number of aromatic nitrogens is 2. The van der Waals surface area contributed by atoms with E-state index in [-0.39, 0.29) is 18.1 Å². The van der Waals surface area contributed by atoms with Gasteiger partial charge in [-0.25, -0.2) is 0 Å². The van der Waals surface area contributed by atoms with E-state index < -0.39 is 0 Å². The minimum absolute atomic E-state index is 0.0201. The van der Waals surface area contributed by atoms with Crippen LogP contribution in [0.3, 0.4) is 0 Å². The number of nitrogens with zero attached hydrogens (tertiary/aromatic N) is 2. The maximum Gasteiger partial charge on any atom is 0.253 e. The maximum absolute atomic E-state index is 12.9. The van der Waals surface area contributed by atoms with Gasteiger partial charge in [0, 0.05) is 36.4 Å². The monoisotopic (exact) mass is 341 g/mol. The van der Waals surface area contributed by atoms with Gasteiger partial charge in [-0.05, 0) is 69.7 Å². The van der Waals surface area contributed by atoms with Gasteiger partial charge >= 0.3 is 0 Å². The SMILES string of the molecule is CCn1c(C)cc(C(=O)N[C@@H](Cc2ccncc2)C2CC(O)C2)c1C. The number of aliphatic hydroxyl groups is 1. The molecule has 0 radical (unpaired) electrons. The fraction of sp³-hybridized carbons (Fsp3) is 0.500. The molecule has 0 aliphatic heterocycles. The lowest BCUT2D eigenvalue weighted by Gasteiger charge is -2.38. The fourth-order valence-corrected chi connectivity index (χ4v) is 3.83. The molecule has 2 aromatic rings. The van der Waals surface area contributed by atoms with Gasteiger partial charge in [-0.15, -0.1) is 0 Å². The van der Waals surface area contributed by atoms with Crippen LogP contribution in [0.15, 0.2) is 30.6 Å². The molecule has 2 aromatic heterocycles. The molecule has 1 saturated carbocycles. The summed E-state index contributed by atoms with van der Waals surface area (Å²) in [6.07, 6.45) is 5.59. The smallest absolute Gasteiger partial charge is 0.253 e. The summed E-state index contributed by atoms with van der Waals surface area (Å²) in [6.45, 7) is 6.98. The Morgan fingerprint density at radius 2 is 2.04 bits per heavy atom. The molecule has 2 heterocycles. The first kappa shape index (κ1) is 17.7. The molecule has 1 aliphatic carbocycles.